The summed E-state index contributed by atoms with van der Waals surface area (Å²) in [5, 5.41) is 8.54. The summed E-state index contributed by atoms with van der Waals surface area (Å²) >= 11 is 0. The lowest BCUT2D eigenvalue weighted by Gasteiger charge is -2.19. The van der Waals surface area contributed by atoms with Gasteiger partial charge in [-0.15, -0.1) is 0 Å². The van der Waals surface area contributed by atoms with E-state index >= 15 is 0 Å². The molecular formula is C31H32F3N7O3. The fourth-order valence-electron chi connectivity index (χ4n) is 3.93. The molecule has 4 rings (SSSR count). The SMILES string of the molecule is Cc1ccc(NC(=O)c2cccc(C(F)(F)F)c2)cc1NC(=O)N(C)c1cc(Nc2cccc(OCCN(C)C)c2)ncn1. The summed E-state index contributed by atoms with van der Waals surface area (Å²) < 4.78 is 45.0. The van der Waals surface area contributed by atoms with Crippen molar-refractivity contribution < 1.29 is 27.5 Å². The smallest absolute Gasteiger partial charge is 0.416 e. The molecule has 1 aromatic heterocycles. The standard InChI is InChI=1S/C31H32F3N7O3/c1-20-11-12-24(38-29(42)21-7-5-8-22(15-21)31(32,33)34)17-26(20)39-30(43)41(4)28-18-27(35-19-36-28)37-23-9-6-10-25(16-23)44-14-13-40(2)3/h5-12,15-19H,13-14H2,1-4H3,(H,38,42)(H,39,43)(H,35,36,37). The number of nitrogens with zero attached hydrogens (tertiary/aromatic N) is 4. The Morgan fingerprint density at radius 1 is 0.886 bits per heavy atom. The maximum Gasteiger partial charge on any atom is 0.416 e. The third kappa shape index (κ3) is 8.67. The van der Waals surface area contributed by atoms with E-state index in [-0.39, 0.29) is 11.3 Å². The number of hydrogen-bond acceptors (Lipinski definition) is 7. The van der Waals surface area contributed by atoms with Crippen molar-refractivity contribution in [3.63, 3.8) is 0 Å². The Balaban J connectivity index is 1.41. The Bertz CT molecular complexity index is 1630. The minimum atomic E-state index is -4.57. The summed E-state index contributed by atoms with van der Waals surface area (Å²) in [4.78, 5) is 37.6. The quantitative estimate of drug-likeness (QED) is 0.191. The van der Waals surface area contributed by atoms with Crippen molar-refractivity contribution in [3.8, 4) is 5.75 Å². The summed E-state index contributed by atoms with van der Waals surface area (Å²) in [5.41, 5.74) is 1.04. The van der Waals surface area contributed by atoms with E-state index in [1.807, 2.05) is 43.3 Å². The van der Waals surface area contributed by atoms with Gasteiger partial charge in [0.15, 0.2) is 0 Å². The van der Waals surface area contributed by atoms with Crippen LogP contribution in [0.25, 0.3) is 0 Å². The molecule has 0 aliphatic rings. The van der Waals surface area contributed by atoms with E-state index < -0.39 is 23.7 Å². The van der Waals surface area contributed by atoms with Gasteiger partial charge in [0.2, 0.25) is 0 Å². The average molecular weight is 608 g/mol. The molecule has 0 atom stereocenters. The van der Waals surface area contributed by atoms with Gasteiger partial charge >= 0.3 is 12.2 Å². The fourth-order valence-corrected chi connectivity index (χ4v) is 3.93. The number of hydrogen-bond donors (Lipinski definition) is 3. The van der Waals surface area contributed by atoms with Gasteiger partial charge in [-0.3, -0.25) is 9.69 Å². The number of amides is 3. The zero-order chi connectivity index (χ0) is 31.9. The largest absolute Gasteiger partial charge is 0.492 e. The van der Waals surface area contributed by atoms with E-state index in [2.05, 4.69) is 25.9 Å². The Morgan fingerprint density at radius 3 is 2.41 bits per heavy atom. The van der Waals surface area contributed by atoms with E-state index in [4.69, 9.17) is 4.74 Å². The normalized spacial score (nSPS) is 11.2. The molecule has 0 unspecified atom stereocenters. The van der Waals surface area contributed by atoms with Crippen molar-refractivity contribution in [2.75, 3.05) is 55.1 Å². The highest BCUT2D eigenvalue weighted by molar-refractivity contribution is 6.05. The lowest BCUT2D eigenvalue weighted by molar-refractivity contribution is -0.137. The van der Waals surface area contributed by atoms with Crippen LogP contribution in [0.2, 0.25) is 0 Å². The number of ether oxygens (including phenoxy) is 1. The number of nitrogens with one attached hydrogen (secondary N) is 3. The Morgan fingerprint density at radius 2 is 1.66 bits per heavy atom. The molecule has 0 bridgehead atoms. The second-order valence-electron chi connectivity index (χ2n) is 10.1. The summed E-state index contributed by atoms with van der Waals surface area (Å²) in [6.45, 7) is 3.08. The van der Waals surface area contributed by atoms with Gasteiger partial charge in [-0.25, -0.2) is 14.8 Å². The highest BCUT2D eigenvalue weighted by Crippen LogP contribution is 2.30. The molecule has 44 heavy (non-hydrogen) atoms. The number of benzene rings is 3. The summed E-state index contributed by atoms with van der Waals surface area (Å²) in [7, 11) is 5.48. The average Bonchev–Trinajstić information content (AvgIpc) is 2.98. The van der Waals surface area contributed by atoms with Crippen molar-refractivity contribution >= 4 is 40.6 Å². The molecule has 0 spiro atoms. The van der Waals surface area contributed by atoms with Crippen LogP contribution in [-0.4, -0.2) is 61.1 Å². The van der Waals surface area contributed by atoms with Gasteiger partial charge in [-0.1, -0.05) is 18.2 Å². The predicted octanol–water partition coefficient (Wildman–Crippen LogP) is 6.41. The van der Waals surface area contributed by atoms with Crippen LogP contribution in [0.4, 0.5) is 46.7 Å². The second kappa shape index (κ2) is 13.9. The topological polar surface area (TPSA) is 112 Å². The monoisotopic (exact) mass is 607 g/mol. The third-order valence-corrected chi connectivity index (χ3v) is 6.40. The van der Waals surface area contributed by atoms with Crippen LogP contribution in [0.3, 0.4) is 0 Å². The fraction of sp³-hybridized carbons (Fsp3) is 0.226. The maximum atomic E-state index is 13.1. The highest BCUT2D eigenvalue weighted by atomic mass is 19.4. The zero-order valence-electron chi connectivity index (χ0n) is 24.6. The van der Waals surface area contributed by atoms with E-state index in [0.29, 0.717) is 35.2 Å². The van der Waals surface area contributed by atoms with Gasteiger partial charge in [-0.05, 0) is 69.0 Å². The molecule has 3 N–H and O–H groups in total. The first-order valence-electron chi connectivity index (χ1n) is 13.5. The lowest BCUT2D eigenvalue weighted by atomic mass is 10.1. The highest BCUT2D eigenvalue weighted by Gasteiger charge is 2.31. The van der Waals surface area contributed by atoms with Crippen LogP contribution >= 0.6 is 0 Å². The first kappa shape index (κ1) is 31.8. The second-order valence-corrected chi connectivity index (χ2v) is 10.1. The first-order valence-corrected chi connectivity index (χ1v) is 13.5. The number of halogens is 3. The van der Waals surface area contributed by atoms with Gasteiger partial charge in [0.25, 0.3) is 5.91 Å². The van der Waals surface area contributed by atoms with Crippen LogP contribution in [-0.2, 0) is 6.18 Å². The molecule has 0 saturated heterocycles. The summed E-state index contributed by atoms with van der Waals surface area (Å²) in [5.74, 6) is 0.743. The van der Waals surface area contributed by atoms with Gasteiger partial charge < -0.3 is 25.6 Å². The molecular weight excluding hydrogens is 575 g/mol. The number of anilines is 5. The maximum absolute atomic E-state index is 13.1. The van der Waals surface area contributed by atoms with E-state index in [1.165, 1.54) is 36.5 Å². The molecule has 10 nitrogen and oxygen atoms in total. The van der Waals surface area contributed by atoms with Gasteiger partial charge in [0, 0.05) is 48.4 Å². The Kier molecular flexibility index (Phi) is 10.0. The molecule has 3 aromatic carbocycles. The van der Waals surface area contributed by atoms with Crippen LogP contribution in [0.5, 0.6) is 5.75 Å². The van der Waals surface area contributed by atoms with Crippen LogP contribution in [0.15, 0.2) is 79.1 Å². The third-order valence-electron chi connectivity index (χ3n) is 6.40. The predicted molar refractivity (Wildman–Crippen MR) is 164 cm³/mol. The van der Waals surface area contributed by atoms with Crippen molar-refractivity contribution in [2.24, 2.45) is 0 Å². The Labute approximate surface area is 252 Å². The number of aryl methyl sites for hydroxylation is 1. The van der Waals surface area contributed by atoms with Gasteiger partial charge in [-0.2, -0.15) is 13.2 Å². The van der Waals surface area contributed by atoms with E-state index in [1.54, 1.807) is 25.1 Å². The molecule has 0 aliphatic heterocycles. The number of carbonyl (C=O) groups is 2. The zero-order valence-corrected chi connectivity index (χ0v) is 24.6. The lowest BCUT2D eigenvalue weighted by Crippen LogP contribution is -2.32. The number of carbonyl (C=O) groups excluding carboxylic acids is 2. The first-order chi connectivity index (χ1) is 20.9. The molecule has 13 heteroatoms. The minimum absolute atomic E-state index is 0.150. The van der Waals surface area contributed by atoms with Crippen LogP contribution in [0.1, 0.15) is 21.5 Å². The van der Waals surface area contributed by atoms with Gasteiger partial charge in [0.1, 0.15) is 30.3 Å². The summed E-state index contributed by atoms with van der Waals surface area (Å²) in [6.07, 6.45) is -3.25. The number of alkyl halides is 3. The number of aromatic nitrogens is 2. The molecule has 1 heterocycles. The number of urea groups is 1. The van der Waals surface area contributed by atoms with Crippen molar-refractivity contribution in [3.05, 3.63) is 95.8 Å². The number of likely N-dealkylation sites (N-methyl/N-ethyl adjacent to an activating group) is 1. The van der Waals surface area contributed by atoms with Crippen LogP contribution < -0.4 is 25.6 Å². The molecule has 4 aromatic rings. The van der Waals surface area contributed by atoms with Gasteiger partial charge in [0.05, 0.1) is 5.56 Å². The molecule has 230 valence electrons. The van der Waals surface area contributed by atoms with E-state index in [9.17, 15) is 22.8 Å². The van der Waals surface area contributed by atoms with Crippen molar-refractivity contribution in [1.82, 2.24) is 14.9 Å². The molecule has 0 saturated carbocycles. The van der Waals surface area contributed by atoms with E-state index in [0.717, 1.165) is 24.4 Å². The Hall–Kier alpha value is -5.17. The molecule has 0 radical (unpaired) electrons. The molecule has 0 aliphatic carbocycles. The molecule has 3 amide bonds. The number of rotatable bonds is 10. The van der Waals surface area contributed by atoms with Crippen molar-refractivity contribution in [2.45, 2.75) is 13.1 Å². The van der Waals surface area contributed by atoms with Crippen molar-refractivity contribution in [1.29, 1.82) is 0 Å². The molecule has 0 fully saturated rings. The summed E-state index contributed by atoms with van der Waals surface area (Å²) in [6, 6.07) is 17.4. The minimum Gasteiger partial charge on any atom is -0.492 e. The van der Waals surface area contributed by atoms with Crippen LogP contribution in [0, 0.1) is 6.92 Å².